The second-order valence-corrected chi connectivity index (χ2v) is 8.79. The zero-order chi connectivity index (χ0) is 24.6. The van der Waals surface area contributed by atoms with Crippen LogP contribution in [0.1, 0.15) is 59.8 Å². The van der Waals surface area contributed by atoms with E-state index in [9.17, 15) is 14.4 Å². The van der Waals surface area contributed by atoms with E-state index in [1.165, 1.54) is 23.7 Å². The van der Waals surface area contributed by atoms with Crippen molar-refractivity contribution in [3.63, 3.8) is 0 Å². The Hall–Kier alpha value is -3.94. The molecule has 1 aliphatic rings. The number of aromatic nitrogens is 1. The molecule has 0 saturated heterocycles. The molecule has 0 radical (unpaired) electrons. The Morgan fingerprint density at radius 2 is 1.83 bits per heavy atom. The molecule has 2 N–H and O–H groups in total. The minimum absolute atomic E-state index is 0.0732. The van der Waals surface area contributed by atoms with E-state index >= 15 is 0 Å². The summed E-state index contributed by atoms with van der Waals surface area (Å²) in [6.07, 6.45) is 9.77. The van der Waals surface area contributed by atoms with Crippen LogP contribution in [-0.4, -0.2) is 35.3 Å². The number of nitrogens with one attached hydrogen (secondary N) is 2. The molecule has 3 amide bonds. The van der Waals surface area contributed by atoms with Crippen molar-refractivity contribution >= 4 is 23.4 Å². The molecule has 1 fully saturated rings. The summed E-state index contributed by atoms with van der Waals surface area (Å²) in [5.74, 6) is -1.09. The van der Waals surface area contributed by atoms with Gasteiger partial charge >= 0.3 is 0 Å². The minimum atomic E-state index is -0.943. The van der Waals surface area contributed by atoms with E-state index in [0.29, 0.717) is 11.3 Å². The van der Waals surface area contributed by atoms with Gasteiger partial charge in [0, 0.05) is 29.7 Å². The van der Waals surface area contributed by atoms with Crippen molar-refractivity contribution in [3.05, 3.63) is 84.1 Å². The second kappa shape index (κ2) is 11.5. The number of carbonyl (C=O) groups is 3. The molecule has 8 heteroatoms. The van der Waals surface area contributed by atoms with Crippen LogP contribution in [-0.2, 0) is 9.59 Å². The third kappa shape index (κ3) is 6.15. The highest BCUT2D eigenvalue weighted by Crippen LogP contribution is 2.29. The van der Waals surface area contributed by atoms with Gasteiger partial charge in [0.15, 0.2) is 5.76 Å². The van der Waals surface area contributed by atoms with Gasteiger partial charge in [-0.15, -0.1) is 0 Å². The lowest BCUT2D eigenvalue weighted by molar-refractivity contribution is -0.127. The monoisotopic (exact) mass is 474 g/mol. The number of anilines is 1. The summed E-state index contributed by atoms with van der Waals surface area (Å²) in [7, 11) is 0. The first kappa shape index (κ1) is 24.2. The van der Waals surface area contributed by atoms with Crippen LogP contribution < -0.4 is 15.5 Å². The lowest BCUT2D eigenvalue weighted by Gasteiger charge is -2.33. The van der Waals surface area contributed by atoms with Crippen molar-refractivity contribution < 1.29 is 18.8 Å². The normalized spacial score (nSPS) is 14.7. The van der Waals surface area contributed by atoms with E-state index in [0.717, 1.165) is 31.2 Å². The van der Waals surface area contributed by atoms with Gasteiger partial charge in [0.2, 0.25) is 11.8 Å². The maximum Gasteiger partial charge on any atom is 0.287 e. The van der Waals surface area contributed by atoms with Crippen molar-refractivity contribution in [3.8, 4) is 0 Å². The lowest BCUT2D eigenvalue weighted by atomic mass is 9.94. The molecule has 0 spiro atoms. The average molecular weight is 475 g/mol. The minimum Gasteiger partial charge on any atom is -0.459 e. The van der Waals surface area contributed by atoms with Crippen molar-refractivity contribution in [1.29, 1.82) is 0 Å². The van der Waals surface area contributed by atoms with E-state index < -0.39 is 17.9 Å². The number of aryl methyl sites for hydroxylation is 1. The Balaban J connectivity index is 1.65. The Kier molecular flexibility index (Phi) is 7.92. The van der Waals surface area contributed by atoms with Crippen LogP contribution >= 0.6 is 0 Å². The van der Waals surface area contributed by atoms with Gasteiger partial charge in [0.05, 0.1) is 12.8 Å². The van der Waals surface area contributed by atoms with Crippen molar-refractivity contribution in [2.75, 3.05) is 11.4 Å². The number of hydrogen-bond acceptors (Lipinski definition) is 5. The number of pyridine rings is 1. The van der Waals surface area contributed by atoms with Crippen LogP contribution in [0, 0.1) is 6.92 Å². The number of carbonyl (C=O) groups excluding carboxylic acids is 3. The molecular formula is C27H30N4O4. The molecule has 1 atom stereocenters. The van der Waals surface area contributed by atoms with Gasteiger partial charge in [-0.05, 0) is 50.1 Å². The van der Waals surface area contributed by atoms with Crippen LogP contribution in [0.15, 0.2) is 71.6 Å². The van der Waals surface area contributed by atoms with Gasteiger partial charge in [-0.2, -0.15) is 0 Å². The van der Waals surface area contributed by atoms with Crippen LogP contribution in [0.25, 0.3) is 0 Å². The Morgan fingerprint density at radius 3 is 2.49 bits per heavy atom. The van der Waals surface area contributed by atoms with Gasteiger partial charge < -0.3 is 15.1 Å². The Bertz CT molecular complexity index is 1120. The summed E-state index contributed by atoms with van der Waals surface area (Å²) in [4.78, 5) is 45.3. The van der Waals surface area contributed by atoms with Gasteiger partial charge in [0.25, 0.3) is 5.91 Å². The van der Waals surface area contributed by atoms with Crippen LogP contribution in [0.2, 0.25) is 0 Å². The number of amides is 3. The first-order valence-corrected chi connectivity index (χ1v) is 11.9. The van der Waals surface area contributed by atoms with Crippen LogP contribution in [0.4, 0.5) is 5.69 Å². The zero-order valence-electron chi connectivity index (χ0n) is 19.8. The molecule has 1 aromatic carbocycles. The van der Waals surface area contributed by atoms with E-state index in [4.69, 9.17) is 4.42 Å². The predicted molar refractivity (Wildman–Crippen MR) is 132 cm³/mol. The van der Waals surface area contributed by atoms with Gasteiger partial charge in [-0.1, -0.05) is 43.0 Å². The summed E-state index contributed by atoms with van der Waals surface area (Å²) in [6.45, 7) is 1.65. The average Bonchev–Trinajstić information content (AvgIpc) is 3.43. The first-order valence-electron chi connectivity index (χ1n) is 11.9. The fourth-order valence-electron chi connectivity index (χ4n) is 4.36. The Morgan fingerprint density at radius 1 is 1.06 bits per heavy atom. The van der Waals surface area contributed by atoms with Gasteiger partial charge in [-0.25, -0.2) is 0 Å². The number of nitrogens with zero attached hydrogens (tertiary/aromatic N) is 2. The van der Waals surface area contributed by atoms with Crippen LogP contribution in [0.5, 0.6) is 0 Å². The maximum atomic E-state index is 13.7. The number of furan rings is 1. The fraction of sp³-hybridized carbons (Fsp3) is 0.333. The fourth-order valence-corrected chi connectivity index (χ4v) is 4.36. The molecule has 1 aliphatic carbocycles. The van der Waals surface area contributed by atoms with E-state index in [2.05, 4.69) is 15.6 Å². The summed E-state index contributed by atoms with van der Waals surface area (Å²) in [5.41, 5.74) is 2.17. The summed E-state index contributed by atoms with van der Waals surface area (Å²) < 4.78 is 5.12. The van der Waals surface area contributed by atoms with Crippen molar-refractivity contribution in [2.24, 2.45) is 0 Å². The highest BCUT2D eigenvalue weighted by molar-refractivity contribution is 6.04. The first-order chi connectivity index (χ1) is 17.0. The summed E-state index contributed by atoms with van der Waals surface area (Å²) in [6, 6.07) is 13.2. The predicted octanol–water partition coefficient (Wildman–Crippen LogP) is 3.94. The lowest BCUT2D eigenvalue weighted by Crippen LogP contribution is -2.49. The Labute approximate surface area is 204 Å². The second-order valence-electron chi connectivity index (χ2n) is 8.79. The van der Waals surface area contributed by atoms with Gasteiger partial charge in [-0.3, -0.25) is 24.3 Å². The molecule has 2 aromatic heterocycles. The largest absolute Gasteiger partial charge is 0.459 e. The highest BCUT2D eigenvalue weighted by atomic mass is 16.3. The van der Waals surface area contributed by atoms with E-state index in [1.54, 1.807) is 42.7 Å². The van der Waals surface area contributed by atoms with Crippen LogP contribution in [0.3, 0.4) is 0 Å². The maximum absolute atomic E-state index is 13.7. The smallest absolute Gasteiger partial charge is 0.287 e. The standard InChI is InChI=1S/C27H30N4O4/c1-19-11-13-22(14-12-19)31(24(32)18-29-26(33)23-10-6-16-35-23)25(20-7-5-15-28-17-20)27(34)30-21-8-3-2-4-9-21/h5-7,10-17,21,25H,2-4,8-9,18H2,1H3,(H,29,33)(H,30,34)/t25-/m1/s1. The molecule has 35 heavy (non-hydrogen) atoms. The molecule has 2 heterocycles. The zero-order valence-corrected chi connectivity index (χ0v) is 19.8. The molecule has 0 aliphatic heterocycles. The number of benzene rings is 1. The molecule has 3 aromatic rings. The molecule has 0 bridgehead atoms. The third-order valence-electron chi connectivity index (χ3n) is 6.18. The molecular weight excluding hydrogens is 444 g/mol. The van der Waals surface area contributed by atoms with E-state index in [-0.39, 0.29) is 24.3 Å². The van der Waals surface area contributed by atoms with Gasteiger partial charge in [0.1, 0.15) is 6.04 Å². The highest BCUT2D eigenvalue weighted by Gasteiger charge is 2.34. The summed E-state index contributed by atoms with van der Waals surface area (Å²) >= 11 is 0. The number of rotatable bonds is 8. The third-order valence-corrected chi connectivity index (χ3v) is 6.18. The quantitative estimate of drug-likeness (QED) is 0.515. The number of hydrogen-bond donors (Lipinski definition) is 2. The molecule has 1 saturated carbocycles. The van der Waals surface area contributed by atoms with E-state index in [1.807, 2.05) is 19.1 Å². The molecule has 182 valence electrons. The van der Waals surface area contributed by atoms with Crippen molar-refractivity contribution in [1.82, 2.24) is 15.6 Å². The molecule has 0 unspecified atom stereocenters. The SMILES string of the molecule is Cc1ccc(N(C(=O)CNC(=O)c2ccco2)[C@@H](C(=O)NC2CCCCC2)c2cccnc2)cc1. The summed E-state index contributed by atoms with van der Waals surface area (Å²) in [5, 5.41) is 5.76. The topological polar surface area (TPSA) is 105 Å². The molecule has 8 nitrogen and oxygen atoms in total. The van der Waals surface area contributed by atoms with Crippen molar-refractivity contribution in [2.45, 2.75) is 51.1 Å². The molecule has 4 rings (SSSR count).